The van der Waals surface area contributed by atoms with E-state index in [0.29, 0.717) is 22.6 Å². The maximum Gasteiger partial charge on any atom is 0.139 e. The highest BCUT2D eigenvalue weighted by Crippen LogP contribution is 2.21. The van der Waals surface area contributed by atoms with Crippen LogP contribution in [-0.4, -0.2) is 69.3 Å². The highest BCUT2D eigenvalue weighted by Gasteiger charge is 2.34. The van der Waals surface area contributed by atoms with Crippen LogP contribution >= 0.6 is 0 Å². The molecule has 4 atom stereocenters. The number of methoxy groups -OCH3 is 2. The van der Waals surface area contributed by atoms with E-state index in [1.165, 1.54) is 26.4 Å². The Kier molecular flexibility index (Phi) is 8.25. The van der Waals surface area contributed by atoms with E-state index in [1.807, 2.05) is 0 Å². The molecule has 30 heavy (non-hydrogen) atoms. The van der Waals surface area contributed by atoms with E-state index in [9.17, 15) is 30.6 Å². The quantitative estimate of drug-likeness (QED) is 0.338. The molecule has 2 aromatic rings. The first-order valence-electron chi connectivity index (χ1n) is 9.08. The number of aliphatic hydroxyl groups excluding tert-OH is 6. The lowest BCUT2D eigenvalue weighted by Gasteiger charge is -2.26. The summed E-state index contributed by atoms with van der Waals surface area (Å²) in [4.78, 5) is 0. The number of hydrogen-bond donors (Lipinski definition) is 6. The van der Waals surface area contributed by atoms with Gasteiger partial charge >= 0.3 is 0 Å². The Morgan fingerprint density at radius 1 is 0.700 bits per heavy atom. The molecule has 0 unspecified atom stereocenters. The van der Waals surface area contributed by atoms with Gasteiger partial charge in [-0.2, -0.15) is 0 Å². The lowest BCUT2D eigenvalue weighted by Crippen LogP contribution is -2.45. The molecule has 0 aliphatic heterocycles. The number of rotatable bonds is 9. The summed E-state index contributed by atoms with van der Waals surface area (Å²) < 4.78 is 10.1. The minimum Gasteiger partial charge on any atom is -0.509 e. The fourth-order valence-electron chi connectivity index (χ4n) is 2.70. The van der Waals surface area contributed by atoms with E-state index in [-0.39, 0.29) is 0 Å². The van der Waals surface area contributed by atoms with Gasteiger partial charge in [0.05, 0.1) is 14.2 Å². The lowest BCUT2D eigenvalue weighted by atomic mass is 9.98. The Morgan fingerprint density at radius 2 is 1.07 bits per heavy atom. The van der Waals surface area contributed by atoms with Gasteiger partial charge in [-0.05, 0) is 47.5 Å². The van der Waals surface area contributed by atoms with Crippen molar-refractivity contribution in [2.75, 3.05) is 14.2 Å². The van der Waals surface area contributed by atoms with Gasteiger partial charge < -0.3 is 40.1 Å². The molecule has 0 saturated heterocycles. The first kappa shape index (κ1) is 23.2. The first-order chi connectivity index (χ1) is 14.3. The first-order valence-corrected chi connectivity index (χ1v) is 9.08. The Hall–Kier alpha value is -3.04. The second-order valence-electron chi connectivity index (χ2n) is 6.56. The van der Waals surface area contributed by atoms with Gasteiger partial charge in [0.2, 0.25) is 0 Å². The summed E-state index contributed by atoms with van der Waals surface area (Å²) in [7, 11) is 2.95. The molecule has 0 fully saturated rings. The van der Waals surface area contributed by atoms with Crippen molar-refractivity contribution in [3.05, 3.63) is 71.2 Å². The van der Waals surface area contributed by atoms with E-state index in [1.54, 1.807) is 48.5 Å². The van der Waals surface area contributed by atoms with Crippen LogP contribution in [-0.2, 0) is 0 Å². The van der Waals surface area contributed by atoms with E-state index in [2.05, 4.69) is 0 Å². The molecule has 8 nitrogen and oxygen atoms in total. The van der Waals surface area contributed by atoms with Crippen molar-refractivity contribution in [2.24, 2.45) is 0 Å². The normalized spacial score (nSPS) is 16.5. The van der Waals surface area contributed by atoms with Crippen molar-refractivity contribution < 1.29 is 40.1 Å². The molecule has 0 aliphatic carbocycles. The summed E-state index contributed by atoms with van der Waals surface area (Å²) in [5, 5.41) is 60.8. The Morgan fingerprint density at radius 3 is 1.40 bits per heavy atom. The van der Waals surface area contributed by atoms with Gasteiger partial charge in [-0.15, -0.1) is 0 Å². The van der Waals surface area contributed by atoms with E-state index < -0.39 is 35.9 Å². The molecule has 162 valence electrons. The van der Waals surface area contributed by atoms with Crippen LogP contribution < -0.4 is 9.47 Å². The molecule has 6 N–H and O–H groups in total. The van der Waals surface area contributed by atoms with Gasteiger partial charge in [0.15, 0.2) is 0 Å². The van der Waals surface area contributed by atoms with Crippen molar-refractivity contribution in [1.29, 1.82) is 0 Å². The Labute approximate surface area is 174 Å². The smallest absolute Gasteiger partial charge is 0.139 e. The van der Waals surface area contributed by atoms with Crippen molar-refractivity contribution in [1.82, 2.24) is 0 Å². The number of ether oxygens (including phenoxy) is 2. The van der Waals surface area contributed by atoms with Crippen LogP contribution in [0, 0.1) is 0 Å². The van der Waals surface area contributed by atoms with Gasteiger partial charge in [0.1, 0.15) is 47.4 Å². The molecular weight excluding hydrogens is 392 g/mol. The molecule has 0 heterocycles. The minimum absolute atomic E-state index is 0.480. The average Bonchev–Trinajstić information content (AvgIpc) is 2.77. The summed E-state index contributed by atoms with van der Waals surface area (Å²) in [5.41, 5.74) is 0.961. The maximum absolute atomic E-state index is 10.2. The summed E-state index contributed by atoms with van der Waals surface area (Å²) in [6.07, 6.45) is -5.43. The van der Waals surface area contributed by atoms with Crippen LogP contribution in [0.3, 0.4) is 0 Å². The third-order valence-corrected chi connectivity index (χ3v) is 4.42. The third kappa shape index (κ3) is 5.98. The largest absolute Gasteiger partial charge is 0.509 e. The molecule has 0 bridgehead atoms. The predicted octanol–water partition coefficient (Wildman–Crippen LogP) is 1.65. The van der Waals surface area contributed by atoms with Gasteiger partial charge in [-0.1, -0.05) is 24.3 Å². The van der Waals surface area contributed by atoms with Crippen molar-refractivity contribution in [3.8, 4) is 11.5 Å². The van der Waals surface area contributed by atoms with Crippen LogP contribution in [0.1, 0.15) is 11.1 Å². The molecule has 8 heteroatoms. The standard InChI is InChI=1S/C22H26O8/c1-29-15-7-3-5-13(9-15)11-17(23)19(25)21(27)22(28)20(26)18(24)12-14-6-4-8-16(10-14)30-2/h3-12,19-28H,1-2H3/t19-,20+,21-,22-/m1/s1. The Balaban J connectivity index is 2.12. The Bertz CT molecular complexity index is 819. The van der Waals surface area contributed by atoms with Gasteiger partial charge in [0, 0.05) is 0 Å². The zero-order valence-electron chi connectivity index (χ0n) is 16.6. The number of aliphatic hydroxyl groups is 6. The molecule has 0 radical (unpaired) electrons. The molecule has 2 aromatic carbocycles. The molecule has 0 spiro atoms. The van der Waals surface area contributed by atoms with Crippen molar-refractivity contribution >= 4 is 12.2 Å². The SMILES string of the molecule is COc1cccc(C=C(O)[C@@H](O)[C@@H](O)[C@H](O)[C@@H](O)C(O)=Cc2cccc(OC)c2)c1. The van der Waals surface area contributed by atoms with Crippen LogP contribution in [0.4, 0.5) is 0 Å². The zero-order chi connectivity index (χ0) is 22.3. The summed E-state index contributed by atoms with van der Waals surface area (Å²) in [6, 6.07) is 13.2. The monoisotopic (exact) mass is 418 g/mol. The van der Waals surface area contributed by atoms with E-state index >= 15 is 0 Å². The van der Waals surface area contributed by atoms with Crippen molar-refractivity contribution in [2.45, 2.75) is 24.4 Å². The van der Waals surface area contributed by atoms with Crippen LogP contribution in [0.25, 0.3) is 12.2 Å². The third-order valence-electron chi connectivity index (χ3n) is 4.42. The zero-order valence-corrected chi connectivity index (χ0v) is 16.6. The molecular formula is C22H26O8. The van der Waals surface area contributed by atoms with Crippen LogP contribution in [0.15, 0.2) is 60.0 Å². The highest BCUT2D eigenvalue weighted by atomic mass is 16.5. The fourth-order valence-corrected chi connectivity index (χ4v) is 2.70. The molecule has 2 rings (SSSR count). The topological polar surface area (TPSA) is 140 Å². The van der Waals surface area contributed by atoms with E-state index in [4.69, 9.17) is 9.47 Å². The number of hydrogen-bond acceptors (Lipinski definition) is 8. The average molecular weight is 418 g/mol. The highest BCUT2D eigenvalue weighted by molar-refractivity contribution is 5.55. The fraction of sp³-hybridized carbons (Fsp3) is 0.273. The molecule has 0 amide bonds. The molecule has 0 aromatic heterocycles. The summed E-state index contributed by atoms with van der Waals surface area (Å²) in [6.45, 7) is 0. The second-order valence-corrected chi connectivity index (χ2v) is 6.56. The summed E-state index contributed by atoms with van der Waals surface area (Å²) in [5.74, 6) is -0.235. The van der Waals surface area contributed by atoms with Crippen molar-refractivity contribution in [3.63, 3.8) is 0 Å². The second kappa shape index (κ2) is 10.7. The molecule has 0 saturated carbocycles. The van der Waals surface area contributed by atoms with Crippen LogP contribution in [0.2, 0.25) is 0 Å². The van der Waals surface area contributed by atoms with E-state index in [0.717, 1.165) is 0 Å². The maximum atomic E-state index is 10.2. The van der Waals surface area contributed by atoms with Gasteiger partial charge in [-0.25, -0.2) is 0 Å². The molecule has 0 aliphatic rings. The minimum atomic E-state index is -1.98. The van der Waals surface area contributed by atoms with Crippen LogP contribution in [0.5, 0.6) is 11.5 Å². The van der Waals surface area contributed by atoms with Gasteiger partial charge in [0.25, 0.3) is 0 Å². The summed E-state index contributed by atoms with van der Waals surface area (Å²) >= 11 is 0. The number of benzene rings is 2. The predicted molar refractivity (Wildman–Crippen MR) is 111 cm³/mol. The van der Waals surface area contributed by atoms with Gasteiger partial charge in [-0.3, -0.25) is 0 Å². The lowest BCUT2D eigenvalue weighted by molar-refractivity contribution is -0.0996.